The van der Waals surface area contributed by atoms with Gasteiger partial charge >= 0.3 is 0 Å². The molecule has 1 atom stereocenters. The summed E-state index contributed by atoms with van der Waals surface area (Å²) in [6.07, 6.45) is 0.785. The Balaban J connectivity index is 2.16. The number of hydrogen-bond donors (Lipinski definition) is 2. The fraction of sp³-hybridized carbons (Fsp3) is 0.214. The molecule has 3 nitrogen and oxygen atoms in total. The molecule has 0 aliphatic rings. The zero-order chi connectivity index (χ0) is 13.8. The predicted molar refractivity (Wildman–Crippen MR) is 75.6 cm³/mol. The van der Waals surface area contributed by atoms with Gasteiger partial charge < -0.3 is 11.1 Å². The summed E-state index contributed by atoms with van der Waals surface area (Å²) in [6.45, 7) is 2.00. The topological polar surface area (TPSA) is 55.1 Å². The van der Waals surface area contributed by atoms with Crippen LogP contribution in [-0.2, 0) is 0 Å². The van der Waals surface area contributed by atoms with Crippen LogP contribution in [0.1, 0.15) is 34.6 Å². The second-order valence-electron chi connectivity index (χ2n) is 4.18. The molecule has 0 aliphatic heterocycles. The maximum Gasteiger partial charge on any atom is 0.253 e. The Labute approximate surface area is 115 Å². The van der Waals surface area contributed by atoms with Gasteiger partial charge in [-0.2, -0.15) is 0 Å². The normalized spacial score (nSPS) is 12.1. The molecule has 0 aliphatic carbocycles. The zero-order valence-electron chi connectivity index (χ0n) is 10.5. The number of anilines is 1. The molecule has 0 spiro atoms. The van der Waals surface area contributed by atoms with Crippen LogP contribution in [0.15, 0.2) is 35.7 Å². The molecule has 1 unspecified atom stereocenters. The molecule has 5 heteroatoms. The van der Waals surface area contributed by atoms with Gasteiger partial charge in [-0.1, -0.05) is 13.0 Å². The van der Waals surface area contributed by atoms with Gasteiger partial charge in [0.15, 0.2) is 0 Å². The lowest BCUT2D eigenvalue weighted by molar-refractivity contribution is 0.0937. The van der Waals surface area contributed by atoms with E-state index in [-0.39, 0.29) is 17.6 Å². The van der Waals surface area contributed by atoms with Crippen molar-refractivity contribution >= 4 is 22.9 Å². The Bertz CT molecular complexity index is 569. The maximum atomic E-state index is 13.0. The van der Waals surface area contributed by atoms with Crippen LogP contribution in [0, 0.1) is 5.82 Å². The van der Waals surface area contributed by atoms with Crippen LogP contribution < -0.4 is 11.1 Å². The average molecular weight is 278 g/mol. The molecule has 0 radical (unpaired) electrons. The molecule has 3 N–H and O–H groups in total. The summed E-state index contributed by atoms with van der Waals surface area (Å²) in [6, 6.07) is 7.67. The molecular weight excluding hydrogens is 263 g/mol. The Morgan fingerprint density at radius 2 is 2.26 bits per heavy atom. The molecular formula is C14H15FN2OS. The van der Waals surface area contributed by atoms with Gasteiger partial charge in [0.2, 0.25) is 0 Å². The molecule has 0 saturated heterocycles. The van der Waals surface area contributed by atoms with E-state index in [9.17, 15) is 9.18 Å². The first-order valence-corrected chi connectivity index (χ1v) is 6.89. The van der Waals surface area contributed by atoms with E-state index in [1.807, 2.05) is 24.4 Å². The lowest BCUT2D eigenvalue weighted by Crippen LogP contribution is -2.28. The Morgan fingerprint density at radius 1 is 1.47 bits per heavy atom. The highest BCUT2D eigenvalue weighted by atomic mass is 32.1. The van der Waals surface area contributed by atoms with Gasteiger partial charge in [0.25, 0.3) is 5.91 Å². The van der Waals surface area contributed by atoms with Gasteiger partial charge in [-0.05, 0) is 36.1 Å². The molecule has 1 amide bonds. The van der Waals surface area contributed by atoms with E-state index < -0.39 is 5.82 Å². The zero-order valence-corrected chi connectivity index (χ0v) is 11.3. The summed E-state index contributed by atoms with van der Waals surface area (Å²) in [7, 11) is 0. The number of halogens is 1. The predicted octanol–water partition coefficient (Wildman–Crippen LogP) is 3.35. The Kier molecular flexibility index (Phi) is 4.16. The quantitative estimate of drug-likeness (QED) is 0.843. The number of thiophene rings is 1. The first-order chi connectivity index (χ1) is 9.11. The van der Waals surface area contributed by atoms with E-state index in [1.165, 1.54) is 12.1 Å². The van der Waals surface area contributed by atoms with Gasteiger partial charge in [0.1, 0.15) is 5.82 Å². The SMILES string of the molecule is CCC(NC(=O)c1ccc(F)cc1N)c1cccs1. The van der Waals surface area contributed by atoms with Gasteiger partial charge in [0, 0.05) is 10.6 Å². The number of hydrogen-bond acceptors (Lipinski definition) is 3. The van der Waals surface area contributed by atoms with Crippen LogP contribution in [-0.4, -0.2) is 5.91 Å². The number of carbonyl (C=O) groups is 1. The van der Waals surface area contributed by atoms with Crippen LogP contribution in [0.4, 0.5) is 10.1 Å². The van der Waals surface area contributed by atoms with Crippen molar-refractivity contribution in [3.8, 4) is 0 Å². The van der Waals surface area contributed by atoms with Crippen molar-refractivity contribution in [1.82, 2.24) is 5.32 Å². The molecule has 1 aromatic heterocycles. The fourth-order valence-corrected chi connectivity index (χ4v) is 2.70. The molecule has 2 aromatic rings. The van der Waals surface area contributed by atoms with E-state index in [1.54, 1.807) is 11.3 Å². The standard InChI is InChI=1S/C14H15FN2OS/c1-2-12(13-4-3-7-19-13)17-14(18)10-6-5-9(15)8-11(10)16/h3-8,12H,2,16H2,1H3,(H,17,18). The number of benzene rings is 1. The van der Waals surface area contributed by atoms with Crippen LogP contribution in [0.2, 0.25) is 0 Å². The van der Waals surface area contributed by atoms with Crippen LogP contribution in [0.25, 0.3) is 0 Å². The van der Waals surface area contributed by atoms with E-state index in [4.69, 9.17) is 5.73 Å². The first kappa shape index (κ1) is 13.5. The Morgan fingerprint density at radius 3 is 2.84 bits per heavy atom. The van der Waals surface area contributed by atoms with E-state index >= 15 is 0 Å². The Hall–Kier alpha value is -1.88. The first-order valence-electron chi connectivity index (χ1n) is 6.01. The van der Waals surface area contributed by atoms with Crippen molar-refractivity contribution in [2.45, 2.75) is 19.4 Å². The highest BCUT2D eigenvalue weighted by Gasteiger charge is 2.16. The summed E-state index contributed by atoms with van der Waals surface area (Å²) < 4.78 is 13.0. The van der Waals surface area contributed by atoms with Crippen LogP contribution in [0.3, 0.4) is 0 Å². The summed E-state index contributed by atoms with van der Waals surface area (Å²) >= 11 is 1.59. The second kappa shape index (κ2) is 5.84. The lowest BCUT2D eigenvalue weighted by Gasteiger charge is -2.16. The maximum absolute atomic E-state index is 13.0. The molecule has 100 valence electrons. The third kappa shape index (κ3) is 3.12. The number of nitrogens with one attached hydrogen (secondary N) is 1. The highest BCUT2D eigenvalue weighted by molar-refractivity contribution is 7.10. The van der Waals surface area contributed by atoms with Crippen molar-refractivity contribution in [2.75, 3.05) is 5.73 Å². The summed E-state index contributed by atoms with van der Waals surface area (Å²) in [4.78, 5) is 13.2. The van der Waals surface area contributed by atoms with Gasteiger partial charge in [0.05, 0.1) is 11.6 Å². The number of amides is 1. The summed E-state index contributed by atoms with van der Waals surface area (Å²) in [5.74, 6) is -0.725. The van der Waals surface area contributed by atoms with Crippen molar-refractivity contribution in [1.29, 1.82) is 0 Å². The van der Waals surface area contributed by atoms with Crippen LogP contribution >= 0.6 is 11.3 Å². The van der Waals surface area contributed by atoms with Gasteiger partial charge in [-0.15, -0.1) is 11.3 Å². The van der Waals surface area contributed by atoms with Gasteiger partial charge in [-0.25, -0.2) is 4.39 Å². The van der Waals surface area contributed by atoms with E-state index in [0.717, 1.165) is 17.4 Å². The van der Waals surface area contributed by atoms with Crippen molar-refractivity contribution < 1.29 is 9.18 Å². The number of carbonyl (C=O) groups excluding carboxylic acids is 1. The minimum absolute atomic E-state index is 0.0445. The molecule has 1 aromatic carbocycles. The summed E-state index contributed by atoms with van der Waals surface area (Å²) in [5, 5.41) is 4.88. The molecule has 0 fully saturated rings. The van der Waals surface area contributed by atoms with Crippen molar-refractivity contribution in [3.05, 3.63) is 52.0 Å². The largest absolute Gasteiger partial charge is 0.398 e. The molecule has 19 heavy (non-hydrogen) atoms. The van der Waals surface area contributed by atoms with Crippen LogP contribution in [0.5, 0.6) is 0 Å². The minimum Gasteiger partial charge on any atom is -0.398 e. The summed E-state index contributed by atoms with van der Waals surface area (Å²) in [5.41, 5.74) is 6.11. The lowest BCUT2D eigenvalue weighted by atomic mass is 10.1. The number of nitrogens with two attached hydrogens (primary N) is 1. The molecule has 1 heterocycles. The highest BCUT2D eigenvalue weighted by Crippen LogP contribution is 2.23. The second-order valence-corrected chi connectivity index (χ2v) is 5.16. The van der Waals surface area contributed by atoms with E-state index in [0.29, 0.717) is 5.56 Å². The monoisotopic (exact) mass is 278 g/mol. The molecule has 0 bridgehead atoms. The minimum atomic E-state index is -0.445. The molecule has 0 saturated carbocycles. The molecule has 2 rings (SSSR count). The van der Waals surface area contributed by atoms with Gasteiger partial charge in [-0.3, -0.25) is 4.79 Å². The smallest absolute Gasteiger partial charge is 0.253 e. The van der Waals surface area contributed by atoms with E-state index in [2.05, 4.69) is 5.32 Å². The average Bonchev–Trinajstić information content (AvgIpc) is 2.89. The number of nitrogen functional groups attached to an aromatic ring is 1. The number of rotatable bonds is 4. The third-order valence-electron chi connectivity index (χ3n) is 2.86. The third-order valence-corrected chi connectivity index (χ3v) is 3.84. The fourth-order valence-electron chi connectivity index (χ4n) is 1.84. The van der Waals surface area contributed by atoms with Crippen molar-refractivity contribution in [2.24, 2.45) is 0 Å². The van der Waals surface area contributed by atoms with Crippen molar-refractivity contribution in [3.63, 3.8) is 0 Å².